The number of aromatic amines is 1. The third-order valence-electron chi connectivity index (χ3n) is 1.09. The van der Waals surface area contributed by atoms with E-state index in [9.17, 15) is 4.79 Å². The molecule has 3 heteroatoms. The molecule has 0 aliphatic carbocycles. The molecular weight excluding hydrogens is 118 g/mol. The van der Waals surface area contributed by atoms with Gasteiger partial charge >= 0.3 is 0 Å². The van der Waals surface area contributed by atoms with E-state index in [1.165, 1.54) is 6.07 Å². The third-order valence-corrected chi connectivity index (χ3v) is 1.09. The minimum atomic E-state index is -0.241. The smallest absolute Gasteiger partial charge is 0.253 e. The molecule has 1 rings (SSSR count). The Kier molecular flexibility index (Phi) is 1.26. The number of aromatic hydroxyl groups is 1. The summed E-state index contributed by atoms with van der Waals surface area (Å²) in [6.07, 6.45) is 0. The monoisotopic (exact) mass is 125 g/mol. The average molecular weight is 125 g/mol. The van der Waals surface area contributed by atoms with Crippen molar-refractivity contribution in [2.24, 2.45) is 0 Å². The SMILES string of the molecule is Cc1ccc(O)[nH]c1=O. The van der Waals surface area contributed by atoms with Crippen LogP contribution in [0.25, 0.3) is 0 Å². The van der Waals surface area contributed by atoms with Crippen LogP contribution in [0.5, 0.6) is 5.88 Å². The first-order valence-corrected chi connectivity index (χ1v) is 2.59. The van der Waals surface area contributed by atoms with Crippen LogP contribution in [0.2, 0.25) is 0 Å². The van der Waals surface area contributed by atoms with Crippen LogP contribution in [0.3, 0.4) is 0 Å². The quantitative estimate of drug-likeness (QED) is 0.527. The molecule has 0 aromatic carbocycles. The van der Waals surface area contributed by atoms with Gasteiger partial charge in [0.1, 0.15) is 0 Å². The molecule has 0 aliphatic rings. The summed E-state index contributed by atoms with van der Waals surface area (Å²) in [5, 5.41) is 8.68. The fourth-order valence-corrected chi connectivity index (χ4v) is 0.536. The lowest BCUT2D eigenvalue weighted by atomic mass is 10.3. The highest BCUT2D eigenvalue weighted by atomic mass is 16.3. The van der Waals surface area contributed by atoms with Crippen LogP contribution >= 0.6 is 0 Å². The van der Waals surface area contributed by atoms with E-state index in [2.05, 4.69) is 4.98 Å². The average Bonchev–Trinajstić information content (AvgIpc) is 1.80. The molecule has 0 spiro atoms. The molecular formula is C6H7NO2. The molecule has 0 unspecified atom stereocenters. The molecule has 0 fully saturated rings. The van der Waals surface area contributed by atoms with Crippen molar-refractivity contribution >= 4 is 0 Å². The number of hydrogen-bond donors (Lipinski definition) is 2. The van der Waals surface area contributed by atoms with Crippen LogP contribution in [0.15, 0.2) is 16.9 Å². The van der Waals surface area contributed by atoms with Crippen LogP contribution in [0.1, 0.15) is 5.56 Å². The van der Waals surface area contributed by atoms with Crippen molar-refractivity contribution in [1.82, 2.24) is 4.98 Å². The van der Waals surface area contributed by atoms with Gasteiger partial charge in [-0.3, -0.25) is 9.78 Å². The second-order valence-corrected chi connectivity index (χ2v) is 1.86. The van der Waals surface area contributed by atoms with Gasteiger partial charge in [-0.25, -0.2) is 0 Å². The van der Waals surface area contributed by atoms with Gasteiger partial charge in [0.05, 0.1) is 0 Å². The summed E-state index contributed by atoms with van der Waals surface area (Å²) in [5.74, 6) is -0.0920. The maximum atomic E-state index is 10.6. The Labute approximate surface area is 52.0 Å². The molecule has 0 amide bonds. The summed E-state index contributed by atoms with van der Waals surface area (Å²) in [7, 11) is 0. The zero-order chi connectivity index (χ0) is 6.85. The van der Waals surface area contributed by atoms with Gasteiger partial charge < -0.3 is 5.11 Å². The van der Waals surface area contributed by atoms with Gasteiger partial charge in [0.2, 0.25) is 0 Å². The van der Waals surface area contributed by atoms with Gasteiger partial charge in [0.25, 0.3) is 5.56 Å². The second-order valence-electron chi connectivity index (χ2n) is 1.86. The van der Waals surface area contributed by atoms with Crippen LogP contribution in [-0.2, 0) is 0 Å². The number of hydrogen-bond acceptors (Lipinski definition) is 2. The summed E-state index contributed by atoms with van der Waals surface area (Å²) in [6, 6.07) is 3.00. The predicted octanol–water partition coefficient (Wildman–Crippen LogP) is 0.389. The molecule has 1 aromatic rings. The van der Waals surface area contributed by atoms with Gasteiger partial charge in [0, 0.05) is 5.56 Å². The number of nitrogens with one attached hydrogen (secondary N) is 1. The van der Waals surface area contributed by atoms with E-state index in [-0.39, 0.29) is 11.4 Å². The third kappa shape index (κ3) is 1.10. The molecule has 1 aromatic heterocycles. The molecule has 9 heavy (non-hydrogen) atoms. The van der Waals surface area contributed by atoms with E-state index < -0.39 is 0 Å². The molecule has 0 aliphatic heterocycles. The molecule has 3 nitrogen and oxygen atoms in total. The molecule has 0 saturated carbocycles. The van der Waals surface area contributed by atoms with Gasteiger partial charge in [-0.1, -0.05) is 0 Å². The first-order chi connectivity index (χ1) is 4.20. The number of aromatic nitrogens is 1. The maximum Gasteiger partial charge on any atom is 0.253 e. The molecule has 0 atom stereocenters. The van der Waals surface area contributed by atoms with Crippen LogP contribution < -0.4 is 5.56 Å². The van der Waals surface area contributed by atoms with Crippen molar-refractivity contribution in [3.63, 3.8) is 0 Å². The Bertz CT molecular complexity index is 264. The number of aryl methyl sites for hydroxylation is 1. The summed E-state index contributed by atoms with van der Waals surface area (Å²) < 4.78 is 0. The molecule has 1 heterocycles. The van der Waals surface area contributed by atoms with Gasteiger partial charge in [-0.05, 0) is 19.1 Å². The second kappa shape index (κ2) is 1.93. The molecule has 48 valence electrons. The fraction of sp³-hybridized carbons (Fsp3) is 0.167. The van der Waals surface area contributed by atoms with Crippen molar-refractivity contribution < 1.29 is 5.11 Å². The van der Waals surface area contributed by atoms with E-state index in [0.717, 1.165) is 0 Å². The molecule has 2 N–H and O–H groups in total. The maximum absolute atomic E-state index is 10.6. The Morgan fingerprint density at radius 2 is 2.22 bits per heavy atom. The summed E-state index contributed by atoms with van der Waals surface area (Å²) >= 11 is 0. The fourth-order valence-electron chi connectivity index (χ4n) is 0.536. The minimum absolute atomic E-state index is 0.0920. The van der Waals surface area contributed by atoms with Crippen molar-refractivity contribution in [2.45, 2.75) is 6.92 Å². The Morgan fingerprint density at radius 1 is 1.56 bits per heavy atom. The largest absolute Gasteiger partial charge is 0.495 e. The summed E-state index contributed by atoms with van der Waals surface area (Å²) in [6.45, 7) is 1.68. The molecule has 0 saturated heterocycles. The van der Waals surface area contributed by atoms with Gasteiger partial charge in [-0.15, -0.1) is 0 Å². The highest BCUT2D eigenvalue weighted by Crippen LogP contribution is 1.97. The van der Waals surface area contributed by atoms with Crippen molar-refractivity contribution in [3.8, 4) is 5.88 Å². The van der Waals surface area contributed by atoms with Crippen LogP contribution in [-0.4, -0.2) is 10.1 Å². The zero-order valence-corrected chi connectivity index (χ0v) is 5.01. The standard InChI is InChI=1S/C6H7NO2/c1-4-2-3-5(8)7-6(4)9/h2-3H,1H3,(H2,7,8,9). The summed E-state index contributed by atoms with van der Waals surface area (Å²) in [5.41, 5.74) is 0.364. The highest BCUT2D eigenvalue weighted by Gasteiger charge is 1.90. The first-order valence-electron chi connectivity index (χ1n) is 2.59. The predicted molar refractivity (Wildman–Crippen MR) is 33.5 cm³/mol. The normalized spacial score (nSPS) is 9.44. The van der Waals surface area contributed by atoms with Gasteiger partial charge in [-0.2, -0.15) is 0 Å². The number of rotatable bonds is 0. The van der Waals surface area contributed by atoms with Crippen molar-refractivity contribution in [2.75, 3.05) is 0 Å². The van der Waals surface area contributed by atoms with Gasteiger partial charge in [0.15, 0.2) is 5.88 Å². The molecule has 0 bridgehead atoms. The molecule has 0 radical (unpaired) electrons. The lowest BCUT2D eigenvalue weighted by Gasteiger charge is -1.89. The van der Waals surface area contributed by atoms with E-state index in [1.807, 2.05) is 0 Å². The summed E-state index contributed by atoms with van der Waals surface area (Å²) in [4.78, 5) is 12.9. The van der Waals surface area contributed by atoms with Crippen molar-refractivity contribution in [3.05, 3.63) is 28.0 Å². The minimum Gasteiger partial charge on any atom is -0.495 e. The van der Waals surface area contributed by atoms with E-state index in [4.69, 9.17) is 5.11 Å². The van der Waals surface area contributed by atoms with E-state index in [0.29, 0.717) is 5.56 Å². The van der Waals surface area contributed by atoms with E-state index in [1.54, 1.807) is 13.0 Å². The number of pyridine rings is 1. The Balaban J connectivity index is 3.34. The Hall–Kier alpha value is -1.25. The van der Waals surface area contributed by atoms with Crippen molar-refractivity contribution in [1.29, 1.82) is 0 Å². The highest BCUT2D eigenvalue weighted by molar-refractivity contribution is 5.14. The lowest BCUT2D eigenvalue weighted by molar-refractivity contribution is 0.451. The topological polar surface area (TPSA) is 53.1 Å². The Morgan fingerprint density at radius 3 is 2.67 bits per heavy atom. The number of H-pyrrole nitrogens is 1. The van der Waals surface area contributed by atoms with Crippen LogP contribution in [0, 0.1) is 6.92 Å². The lowest BCUT2D eigenvalue weighted by Crippen LogP contribution is -2.06. The van der Waals surface area contributed by atoms with Crippen LogP contribution in [0.4, 0.5) is 0 Å². The first kappa shape index (κ1) is 5.88. The zero-order valence-electron chi connectivity index (χ0n) is 5.01. The van der Waals surface area contributed by atoms with E-state index >= 15 is 0 Å².